The van der Waals surface area contributed by atoms with Crippen molar-refractivity contribution in [2.45, 2.75) is 50.8 Å². The molecule has 0 aliphatic carbocycles. The van der Waals surface area contributed by atoms with E-state index in [4.69, 9.17) is 0 Å². The molecule has 6 heteroatoms. The van der Waals surface area contributed by atoms with Crippen LogP contribution in [-0.4, -0.2) is 21.5 Å². The summed E-state index contributed by atoms with van der Waals surface area (Å²) >= 11 is 1.29. The number of nitrogens with one attached hydrogen (secondary N) is 2. The molecule has 20 heavy (non-hydrogen) atoms. The predicted molar refractivity (Wildman–Crippen MR) is 85.6 cm³/mol. The molecule has 1 heterocycles. The third kappa shape index (κ3) is 5.52. The van der Waals surface area contributed by atoms with Crippen LogP contribution in [0.1, 0.15) is 45.6 Å². The van der Waals surface area contributed by atoms with E-state index >= 15 is 0 Å². The molecule has 0 fully saturated rings. The van der Waals surface area contributed by atoms with Crippen molar-refractivity contribution in [3.63, 3.8) is 0 Å². The van der Waals surface area contributed by atoms with Crippen LogP contribution in [0.25, 0.3) is 0 Å². The summed E-state index contributed by atoms with van der Waals surface area (Å²) in [7, 11) is -3.34. The van der Waals surface area contributed by atoms with Gasteiger partial charge in [0.25, 0.3) is 0 Å². The van der Waals surface area contributed by atoms with Crippen LogP contribution in [0.15, 0.2) is 15.7 Å². The Morgan fingerprint density at radius 2 is 1.95 bits per heavy atom. The number of thiophene rings is 1. The molecule has 0 amide bonds. The van der Waals surface area contributed by atoms with Crippen LogP contribution in [0.3, 0.4) is 0 Å². The normalized spacial score (nSPS) is 12.2. The zero-order valence-corrected chi connectivity index (χ0v) is 14.2. The molecule has 1 aromatic rings. The second-order valence-corrected chi connectivity index (χ2v) is 7.89. The first kappa shape index (κ1) is 17.6. The Labute approximate surface area is 127 Å². The number of sulfonamides is 1. The van der Waals surface area contributed by atoms with Crippen molar-refractivity contribution in [2.24, 2.45) is 5.92 Å². The van der Waals surface area contributed by atoms with Crippen LogP contribution in [0.4, 0.5) is 0 Å². The smallest absolute Gasteiger partial charge is 0.250 e. The van der Waals surface area contributed by atoms with Gasteiger partial charge in [-0.1, -0.05) is 33.6 Å². The summed E-state index contributed by atoms with van der Waals surface area (Å²) in [5, 5.41) is 5.19. The molecule has 0 saturated carbocycles. The highest BCUT2D eigenvalue weighted by atomic mass is 32.2. The van der Waals surface area contributed by atoms with E-state index < -0.39 is 10.0 Å². The Hall–Kier alpha value is -0.430. The summed E-state index contributed by atoms with van der Waals surface area (Å²) in [5.74, 6) is 0.412. The van der Waals surface area contributed by atoms with Gasteiger partial charge in [-0.25, -0.2) is 13.1 Å². The summed E-state index contributed by atoms with van der Waals surface area (Å²) in [6, 6.07) is 1.77. The van der Waals surface area contributed by atoms with Gasteiger partial charge >= 0.3 is 0 Å². The van der Waals surface area contributed by atoms with Gasteiger partial charge in [-0.15, -0.1) is 11.3 Å². The molecule has 4 nitrogen and oxygen atoms in total. The highest BCUT2D eigenvalue weighted by Gasteiger charge is 2.17. The van der Waals surface area contributed by atoms with E-state index in [9.17, 15) is 8.42 Å². The first-order valence-corrected chi connectivity index (χ1v) is 9.67. The third-order valence-corrected chi connectivity index (χ3v) is 6.28. The van der Waals surface area contributed by atoms with E-state index in [1.54, 1.807) is 6.07 Å². The maximum Gasteiger partial charge on any atom is 0.250 e. The Morgan fingerprint density at radius 1 is 1.25 bits per heavy atom. The average molecular weight is 319 g/mol. The molecule has 0 aliphatic rings. The van der Waals surface area contributed by atoms with Crippen LogP contribution in [0.5, 0.6) is 0 Å². The fourth-order valence-electron chi connectivity index (χ4n) is 1.87. The van der Waals surface area contributed by atoms with Crippen LogP contribution in [-0.2, 0) is 16.6 Å². The lowest BCUT2D eigenvalue weighted by molar-refractivity contribution is 0.479. The molecule has 0 aliphatic heterocycles. The zero-order chi connectivity index (χ0) is 15.0. The number of hydrogen-bond acceptors (Lipinski definition) is 4. The first-order valence-electron chi connectivity index (χ1n) is 7.31. The molecule has 1 rings (SSSR count). The van der Waals surface area contributed by atoms with Crippen molar-refractivity contribution in [3.05, 3.63) is 17.0 Å². The monoisotopic (exact) mass is 318 g/mol. The molecule has 0 atom stereocenters. The second kappa shape index (κ2) is 8.77. The SMILES string of the molecule is CCCNCc1csc(S(=O)(=O)NCC(CC)CC)c1. The molecule has 116 valence electrons. The Bertz CT molecular complexity index is 479. The maximum absolute atomic E-state index is 12.2. The third-order valence-electron chi connectivity index (χ3n) is 3.37. The molecule has 2 N–H and O–H groups in total. The summed E-state index contributed by atoms with van der Waals surface area (Å²) < 4.78 is 27.5. The molecule has 0 unspecified atom stereocenters. The molecule has 0 bridgehead atoms. The van der Waals surface area contributed by atoms with E-state index in [-0.39, 0.29) is 0 Å². The fourth-order valence-corrected chi connectivity index (χ4v) is 4.24. The van der Waals surface area contributed by atoms with E-state index in [1.165, 1.54) is 11.3 Å². The number of hydrogen-bond donors (Lipinski definition) is 2. The highest BCUT2D eigenvalue weighted by molar-refractivity contribution is 7.91. The fraction of sp³-hybridized carbons (Fsp3) is 0.714. The van der Waals surface area contributed by atoms with Crippen LogP contribution < -0.4 is 10.0 Å². The minimum absolute atomic E-state index is 0.412. The summed E-state index contributed by atoms with van der Waals surface area (Å²) in [4.78, 5) is 0. The summed E-state index contributed by atoms with van der Waals surface area (Å²) in [6.07, 6.45) is 3.07. The van der Waals surface area contributed by atoms with Crippen molar-refractivity contribution in [1.82, 2.24) is 10.0 Å². The first-order chi connectivity index (χ1) is 9.53. The summed E-state index contributed by atoms with van der Waals surface area (Å²) in [6.45, 7) is 8.49. The lowest BCUT2D eigenvalue weighted by atomic mass is 10.0. The Morgan fingerprint density at radius 3 is 2.55 bits per heavy atom. The second-order valence-electron chi connectivity index (χ2n) is 4.99. The maximum atomic E-state index is 12.2. The van der Waals surface area contributed by atoms with Crippen molar-refractivity contribution < 1.29 is 8.42 Å². The molecule has 0 radical (unpaired) electrons. The van der Waals surface area contributed by atoms with Gasteiger partial charge in [0, 0.05) is 13.1 Å². The summed E-state index contributed by atoms with van der Waals surface area (Å²) in [5.41, 5.74) is 1.03. The Kier molecular flexibility index (Phi) is 7.72. The van der Waals surface area contributed by atoms with Gasteiger partial charge in [0.05, 0.1) is 0 Å². The van der Waals surface area contributed by atoms with E-state index in [1.807, 2.05) is 5.38 Å². The van der Waals surface area contributed by atoms with Crippen LogP contribution >= 0.6 is 11.3 Å². The molecule has 0 saturated heterocycles. The largest absolute Gasteiger partial charge is 0.313 e. The van der Waals surface area contributed by atoms with Gasteiger partial charge in [-0.3, -0.25) is 0 Å². The van der Waals surface area contributed by atoms with Gasteiger partial charge in [-0.05, 0) is 35.9 Å². The van der Waals surface area contributed by atoms with Gasteiger partial charge < -0.3 is 5.32 Å². The topological polar surface area (TPSA) is 58.2 Å². The molecule has 0 aromatic carbocycles. The minimum Gasteiger partial charge on any atom is -0.313 e. The van der Waals surface area contributed by atoms with E-state index in [2.05, 4.69) is 30.8 Å². The van der Waals surface area contributed by atoms with Crippen molar-refractivity contribution in [2.75, 3.05) is 13.1 Å². The van der Waals surface area contributed by atoms with Gasteiger partial charge in [0.1, 0.15) is 4.21 Å². The van der Waals surface area contributed by atoms with Gasteiger partial charge in [-0.2, -0.15) is 0 Å². The van der Waals surface area contributed by atoms with Gasteiger partial charge in [0.15, 0.2) is 0 Å². The van der Waals surface area contributed by atoms with E-state index in [0.29, 0.717) is 16.7 Å². The zero-order valence-electron chi connectivity index (χ0n) is 12.6. The molecule has 1 aromatic heterocycles. The lowest BCUT2D eigenvalue weighted by Gasteiger charge is -2.12. The van der Waals surface area contributed by atoms with E-state index in [0.717, 1.165) is 37.9 Å². The van der Waals surface area contributed by atoms with Crippen molar-refractivity contribution in [3.8, 4) is 0 Å². The number of rotatable bonds is 10. The standard InChI is InChI=1S/C14H26N2O2S2/c1-4-7-15-9-13-8-14(19-11-13)20(17,18)16-10-12(5-2)6-3/h8,11-12,15-16H,4-7,9-10H2,1-3H3. The minimum atomic E-state index is -3.34. The van der Waals surface area contributed by atoms with Crippen molar-refractivity contribution >= 4 is 21.4 Å². The van der Waals surface area contributed by atoms with Crippen LogP contribution in [0.2, 0.25) is 0 Å². The quantitative estimate of drug-likeness (QED) is 0.652. The van der Waals surface area contributed by atoms with Crippen LogP contribution in [0, 0.1) is 5.92 Å². The molecular weight excluding hydrogens is 292 g/mol. The Balaban J connectivity index is 2.59. The molecule has 0 spiro atoms. The average Bonchev–Trinajstić information content (AvgIpc) is 2.90. The molecular formula is C14H26N2O2S2. The highest BCUT2D eigenvalue weighted by Crippen LogP contribution is 2.20. The van der Waals surface area contributed by atoms with Gasteiger partial charge in [0.2, 0.25) is 10.0 Å². The predicted octanol–water partition coefficient (Wildman–Crippen LogP) is 2.96. The lowest BCUT2D eigenvalue weighted by Crippen LogP contribution is -2.28. The van der Waals surface area contributed by atoms with Crippen molar-refractivity contribution in [1.29, 1.82) is 0 Å².